The third kappa shape index (κ3) is 7.72. The van der Waals surface area contributed by atoms with Crippen LogP contribution in [0.4, 0.5) is 4.79 Å². The Labute approximate surface area is 202 Å². The Hall–Kier alpha value is -2.61. The first-order chi connectivity index (χ1) is 16.1. The van der Waals surface area contributed by atoms with Gasteiger partial charge in [0.1, 0.15) is 5.60 Å². The number of nitrogens with one attached hydrogen (secondary N) is 1. The Morgan fingerprint density at radius 2 is 1.97 bits per heavy atom. The number of aliphatic hydroxyl groups excluding tert-OH is 1. The second-order valence-electron chi connectivity index (χ2n) is 10.4. The van der Waals surface area contributed by atoms with Crippen molar-refractivity contribution in [2.75, 3.05) is 26.3 Å². The predicted molar refractivity (Wildman–Crippen MR) is 130 cm³/mol. The normalized spacial score (nSPS) is 20.3. The molecule has 2 aliphatic rings. The minimum Gasteiger partial charge on any atom is -0.477 e. The van der Waals surface area contributed by atoms with Crippen molar-refractivity contribution in [1.82, 2.24) is 15.2 Å². The van der Waals surface area contributed by atoms with Crippen molar-refractivity contribution >= 4 is 17.6 Å². The maximum atomic E-state index is 12.3. The lowest BCUT2D eigenvalue weighted by molar-refractivity contribution is -0.126. The summed E-state index contributed by atoms with van der Waals surface area (Å²) < 4.78 is 11.4. The van der Waals surface area contributed by atoms with Gasteiger partial charge < -0.3 is 24.8 Å². The molecule has 0 spiro atoms. The van der Waals surface area contributed by atoms with E-state index in [9.17, 15) is 9.59 Å². The minimum absolute atomic E-state index is 0.00986. The molecule has 1 saturated heterocycles. The Morgan fingerprint density at radius 1 is 1.24 bits per heavy atom. The molecular formula is C26H39N3O5. The lowest BCUT2D eigenvalue weighted by Crippen LogP contribution is -2.42. The fourth-order valence-electron chi connectivity index (χ4n) is 4.21. The lowest BCUT2D eigenvalue weighted by Gasteiger charge is -2.33. The summed E-state index contributed by atoms with van der Waals surface area (Å²) in [5, 5.41) is 12.0. The molecule has 1 fully saturated rings. The fourth-order valence-corrected chi connectivity index (χ4v) is 4.21. The van der Waals surface area contributed by atoms with E-state index < -0.39 is 5.60 Å². The van der Waals surface area contributed by atoms with Crippen LogP contribution in [0.15, 0.2) is 24.4 Å². The van der Waals surface area contributed by atoms with E-state index in [1.165, 1.54) is 5.57 Å². The zero-order chi connectivity index (χ0) is 24.7. The van der Waals surface area contributed by atoms with Crippen LogP contribution in [0.2, 0.25) is 0 Å². The molecule has 1 aliphatic carbocycles. The highest BCUT2D eigenvalue weighted by Crippen LogP contribution is 2.31. The number of piperidine rings is 1. The van der Waals surface area contributed by atoms with Crippen molar-refractivity contribution in [3.63, 3.8) is 0 Å². The summed E-state index contributed by atoms with van der Waals surface area (Å²) in [5.41, 5.74) is 1.78. The SMILES string of the molecule is CC(CO)NC(=O)C1CC=C(c2ccc(OCC3CCN(C(=O)OC(C)(C)C)CC3)nc2)CC1. The van der Waals surface area contributed by atoms with Gasteiger partial charge in [0.25, 0.3) is 0 Å². The van der Waals surface area contributed by atoms with Crippen molar-refractivity contribution in [3.05, 3.63) is 30.0 Å². The average molecular weight is 474 g/mol. The highest BCUT2D eigenvalue weighted by Gasteiger charge is 2.27. The van der Waals surface area contributed by atoms with Gasteiger partial charge in [0.2, 0.25) is 11.8 Å². The standard InChI is InChI=1S/C26H39N3O5/c1-18(16-30)28-24(31)21-7-5-20(6-8-21)22-9-10-23(27-15-22)33-17-19-11-13-29(14-12-19)25(32)34-26(2,3)4/h5,9-10,15,18-19,21,30H,6-8,11-14,16-17H2,1-4H3,(H,28,31). The molecule has 1 aromatic heterocycles. The second kappa shape index (κ2) is 11.7. The van der Waals surface area contributed by atoms with Gasteiger partial charge in [-0.2, -0.15) is 0 Å². The van der Waals surface area contributed by atoms with Crippen molar-refractivity contribution in [3.8, 4) is 5.88 Å². The Kier molecular flexibility index (Phi) is 8.94. The molecule has 8 heteroatoms. The number of hydrogen-bond donors (Lipinski definition) is 2. The molecule has 3 rings (SSSR count). The summed E-state index contributed by atoms with van der Waals surface area (Å²) in [6.07, 6.45) is 7.78. The van der Waals surface area contributed by atoms with Crippen LogP contribution in [-0.2, 0) is 9.53 Å². The molecule has 34 heavy (non-hydrogen) atoms. The summed E-state index contributed by atoms with van der Waals surface area (Å²) >= 11 is 0. The van der Waals surface area contributed by atoms with E-state index in [2.05, 4.69) is 16.4 Å². The number of nitrogens with zero attached hydrogens (tertiary/aromatic N) is 2. The molecule has 0 radical (unpaired) electrons. The first kappa shape index (κ1) is 26.0. The molecular weight excluding hydrogens is 434 g/mol. The van der Waals surface area contributed by atoms with Crippen LogP contribution >= 0.6 is 0 Å². The van der Waals surface area contributed by atoms with Crippen molar-refractivity contribution in [2.24, 2.45) is 11.8 Å². The largest absolute Gasteiger partial charge is 0.477 e. The van der Waals surface area contributed by atoms with Gasteiger partial charge in [0.05, 0.1) is 13.2 Å². The highest BCUT2D eigenvalue weighted by atomic mass is 16.6. The number of aromatic nitrogens is 1. The van der Waals surface area contributed by atoms with Gasteiger partial charge in [-0.3, -0.25) is 4.79 Å². The van der Waals surface area contributed by atoms with Gasteiger partial charge >= 0.3 is 6.09 Å². The first-order valence-corrected chi connectivity index (χ1v) is 12.3. The lowest BCUT2D eigenvalue weighted by atomic mass is 9.86. The van der Waals surface area contributed by atoms with Crippen LogP contribution in [0.5, 0.6) is 5.88 Å². The number of pyridine rings is 1. The molecule has 1 aliphatic heterocycles. The molecule has 8 nitrogen and oxygen atoms in total. The predicted octanol–water partition coefficient (Wildman–Crippen LogP) is 3.79. The monoisotopic (exact) mass is 473 g/mol. The van der Waals surface area contributed by atoms with E-state index in [1.807, 2.05) is 39.1 Å². The van der Waals surface area contributed by atoms with Crippen LogP contribution in [0.1, 0.15) is 65.4 Å². The Bertz CT molecular complexity index is 854. The molecule has 0 saturated carbocycles. The van der Waals surface area contributed by atoms with Crippen molar-refractivity contribution in [2.45, 2.75) is 71.4 Å². The van der Waals surface area contributed by atoms with Crippen LogP contribution in [-0.4, -0.2) is 64.9 Å². The molecule has 0 bridgehead atoms. The third-order valence-corrected chi connectivity index (χ3v) is 6.28. The topological polar surface area (TPSA) is 101 Å². The van der Waals surface area contributed by atoms with Gasteiger partial charge in [0, 0.05) is 37.3 Å². The summed E-state index contributed by atoms with van der Waals surface area (Å²) in [5.74, 6) is 0.952. The maximum absolute atomic E-state index is 12.3. The van der Waals surface area contributed by atoms with Gasteiger partial charge in [0.15, 0.2) is 0 Å². The third-order valence-electron chi connectivity index (χ3n) is 6.28. The zero-order valence-corrected chi connectivity index (χ0v) is 20.9. The molecule has 188 valence electrons. The molecule has 2 heterocycles. The van der Waals surface area contributed by atoms with E-state index in [0.717, 1.165) is 31.2 Å². The number of carbonyl (C=O) groups is 2. The molecule has 0 aromatic carbocycles. The summed E-state index contributed by atoms with van der Waals surface area (Å²) in [7, 11) is 0. The van der Waals surface area contributed by atoms with Gasteiger partial charge in [-0.1, -0.05) is 6.08 Å². The van der Waals surface area contributed by atoms with E-state index in [-0.39, 0.29) is 30.6 Å². The van der Waals surface area contributed by atoms with Crippen LogP contribution in [0.25, 0.3) is 5.57 Å². The van der Waals surface area contributed by atoms with Crippen molar-refractivity contribution < 1.29 is 24.2 Å². The first-order valence-electron chi connectivity index (χ1n) is 12.3. The number of likely N-dealkylation sites (tertiary alicyclic amines) is 1. The number of amides is 2. The number of ether oxygens (including phenoxy) is 2. The molecule has 2 N–H and O–H groups in total. The summed E-state index contributed by atoms with van der Waals surface area (Å²) in [4.78, 5) is 30.7. The molecule has 2 unspecified atom stereocenters. The van der Waals surface area contributed by atoms with Gasteiger partial charge in [-0.05, 0) is 82.9 Å². The Balaban J connectivity index is 1.42. The quantitative estimate of drug-likeness (QED) is 0.625. The van der Waals surface area contributed by atoms with E-state index >= 15 is 0 Å². The fraction of sp³-hybridized carbons (Fsp3) is 0.654. The van der Waals surface area contributed by atoms with Gasteiger partial charge in [-0.15, -0.1) is 0 Å². The van der Waals surface area contributed by atoms with Crippen molar-refractivity contribution in [1.29, 1.82) is 0 Å². The maximum Gasteiger partial charge on any atom is 0.410 e. The number of allylic oxidation sites excluding steroid dienone is 2. The number of hydrogen-bond acceptors (Lipinski definition) is 6. The summed E-state index contributed by atoms with van der Waals surface area (Å²) in [6, 6.07) is 3.70. The van der Waals surface area contributed by atoms with E-state index in [1.54, 1.807) is 11.8 Å². The molecule has 1 aromatic rings. The Morgan fingerprint density at radius 3 is 2.53 bits per heavy atom. The smallest absolute Gasteiger partial charge is 0.410 e. The number of rotatable bonds is 7. The zero-order valence-electron chi connectivity index (χ0n) is 20.9. The minimum atomic E-state index is -0.474. The molecule has 2 amide bonds. The summed E-state index contributed by atoms with van der Waals surface area (Å²) in [6.45, 7) is 9.33. The van der Waals surface area contributed by atoms with Crippen LogP contribution < -0.4 is 10.1 Å². The number of aliphatic hydroxyl groups is 1. The number of carbonyl (C=O) groups excluding carboxylic acids is 2. The van der Waals surface area contributed by atoms with Gasteiger partial charge in [-0.25, -0.2) is 9.78 Å². The average Bonchev–Trinajstić information content (AvgIpc) is 2.82. The van der Waals surface area contributed by atoms with Crippen LogP contribution in [0, 0.1) is 11.8 Å². The van der Waals surface area contributed by atoms with Crippen LogP contribution in [0.3, 0.4) is 0 Å². The van der Waals surface area contributed by atoms with E-state index in [0.29, 0.717) is 37.9 Å². The second-order valence-corrected chi connectivity index (χ2v) is 10.4. The highest BCUT2D eigenvalue weighted by molar-refractivity contribution is 5.80. The van der Waals surface area contributed by atoms with E-state index in [4.69, 9.17) is 14.6 Å². The molecule has 2 atom stereocenters.